The molecule has 2 atom stereocenters. The van der Waals surface area contributed by atoms with E-state index in [1.807, 2.05) is 54.6 Å². The highest BCUT2D eigenvalue weighted by molar-refractivity contribution is 5.70. The van der Waals surface area contributed by atoms with Gasteiger partial charge in [0.2, 0.25) is 5.95 Å². The zero-order chi connectivity index (χ0) is 21.1. The third-order valence-corrected chi connectivity index (χ3v) is 5.28. The lowest BCUT2D eigenvalue weighted by atomic mass is 10.0. The number of hydrogen-bond donors (Lipinski definition) is 2. The van der Waals surface area contributed by atoms with Gasteiger partial charge in [0, 0.05) is 36.3 Å². The number of anilines is 1. The summed E-state index contributed by atoms with van der Waals surface area (Å²) in [5.74, 6) is 2.24. The Kier molecular flexibility index (Phi) is 5.83. The molecule has 0 aliphatic carbocycles. The van der Waals surface area contributed by atoms with Crippen molar-refractivity contribution < 1.29 is 9.47 Å². The smallest absolute Gasteiger partial charge is 0.226 e. The zero-order valence-electron chi connectivity index (χ0n) is 17.3. The minimum absolute atomic E-state index is 0.00595. The van der Waals surface area contributed by atoms with E-state index in [0.29, 0.717) is 19.0 Å². The fourth-order valence-electron chi connectivity index (χ4n) is 3.74. The summed E-state index contributed by atoms with van der Waals surface area (Å²) in [4.78, 5) is 11.8. The lowest BCUT2D eigenvalue weighted by Crippen LogP contribution is -2.52. The standard InChI is InChI=1S/C23H27N5O2/c1-29-19-7-3-15(4-8-19)21-12-22(16-5-9-20(30-2)10-6-16)27-23(26-21)28-13-17(24)11-18(25)14-28/h3-10,12,17-18H,11,13-14,24-25H2,1-2H3. The Morgan fingerprint density at radius 2 is 1.20 bits per heavy atom. The summed E-state index contributed by atoms with van der Waals surface area (Å²) in [6.07, 6.45) is 0.806. The number of rotatable bonds is 5. The number of methoxy groups -OCH3 is 2. The number of hydrogen-bond acceptors (Lipinski definition) is 7. The molecule has 1 fully saturated rings. The van der Waals surface area contributed by atoms with Crippen LogP contribution in [0.5, 0.6) is 11.5 Å². The van der Waals surface area contributed by atoms with Gasteiger partial charge in [-0.1, -0.05) is 0 Å². The Hall–Kier alpha value is -3.16. The van der Waals surface area contributed by atoms with Crippen LogP contribution in [0.1, 0.15) is 6.42 Å². The van der Waals surface area contributed by atoms with Gasteiger partial charge in [0.15, 0.2) is 0 Å². The minimum atomic E-state index is 0.00595. The molecule has 1 aliphatic rings. The molecule has 4 rings (SSSR count). The molecule has 1 saturated heterocycles. The molecule has 3 aromatic rings. The number of benzene rings is 2. The first kappa shape index (κ1) is 20.1. The molecule has 0 spiro atoms. The minimum Gasteiger partial charge on any atom is -0.497 e. The lowest BCUT2D eigenvalue weighted by molar-refractivity contribution is 0.415. The monoisotopic (exact) mass is 405 g/mol. The molecule has 2 unspecified atom stereocenters. The number of nitrogens with two attached hydrogens (primary N) is 2. The van der Waals surface area contributed by atoms with E-state index in [2.05, 4.69) is 4.90 Å². The quantitative estimate of drug-likeness (QED) is 0.673. The van der Waals surface area contributed by atoms with Gasteiger partial charge >= 0.3 is 0 Å². The third-order valence-electron chi connectivity index (χ3n) is 5.28. The van der Waals surface area contributed by atoms with Crippen LogP contribution < -0.4 is 25.8 Å². The molecule has 0 amide bonds. The summed E-state index contributed by atoms with van der Waals surface area (Å²) < 4.78 is 10.6. The molecule has 0 bridgehead atoms. The summed E-state index contributed by atoms with van der Waals surface area (Å²) in [6.45, 7) is 1.36. The average Bonchev–Trinajstić information content (AvgIpc) is 2.78. The van der Waals surface area contributed by atoms with Crippen LogP contribution in [0.25, 0.3) is 22.5 Å². The second-order valence-electron chi connectivity index (χ2n) is 7.56. The van der Waals surface area contributed by atoms with Crippen molar-refractivity contribution in [3.05, 3.63) is 54.6 Å². The summed E-state index contributed by atoms with van der Waals surface area (Å²) in [5.41, 5.74) is 16.1. The van der Waals surface area contributed by atoms with E-state index in [1.165, 1.54) is 0 Å². The maximum absolute atomic E-state index is 6.21. The first-order chi connectivity index (χ1) is 14.6. The van der Waals surface area contributed by atoms with Gasteiger partial charge in [-0.05, 0) is 61.0 Å². The van der Waals surface area contributed by atoms with Crippen molar-refractivity contribution in [2.24, 2.45) is 11.5 Å². The van der Waals surface area contributed by atoms with Crippen LogP contribution in [0.15, 0.2) is 54.6 Å². The van der Waals surface area contributed by atoms with E-state index in [4.69, 9.17) is 30.9 Å². The van der Waals surface area contributed by atoms with E-state index >= 15 is 0 Å². The summed E-state index contributed by atoms with van der Waals surface area (Å²) in [6, 6.07) is 17.7. The molecule has 7 nitrogen and oxygen atoms in total. The SMILES string of the molecule is COc1ccc(-c2cc(-c3ccc(OC)cc3)nc(N3CC(N)CC(N)C3)n2)cc1. The van der Waals surface area contributed by atoms with Crippen molar-refractivity contribution in [3.8, 4) is 34.0 Å². The molecule has 156 valence electrons. The topological polar surface area (TPSA) is 99.5 Å². The molecule has 1 aromatic heterocycles. The van der Waals surface area contributed by atoms with Crippen LogP contribution in [0, 0.1) is 0 Å². The first-order valence-electron chi connectivity index (χ1n) is 9.99. The van der Waals surface area contributed by atoms with Gasteiger partial charge in [-0.15, -0.1) is 0 Å². The van der Waals surface area contributed by atoms with Gasteiger partial charge in [-0.3, -0.25) is 0 Å². The maximum Gasteiger partial charge on any atom is 0.226 e. The van der Waals surface area contributed by atoms with Crippen molar-refractivity contribution in [3.63, 3.8) is 0 Å². The molecular weight excluding hydrogens is 378 g/mol. The van der Waals surface area contributed by atoms with Crippen LogP contribution in [0.3, 0.4) is 0 Å². The van der Waals surface area contributed by atoms with Gasteiger partial charge in [0.05, 0.1) is 25.6 Å². The first-order valence-corrected chi connectivity index (χ1v) is 9.99. The van der Waals surface area contributed by atoms with Crippen LogP contribution in [-0.4, -0.2) is 49.4 Å². The Labute approximate surface area is 176 Å². The molecule has 7 heteroatoms. The van der Waals surface area contributed by atoms with E-state index < -0.39 is 0 Å². The molecule has 0 saturated carbocycles. The Bertz CT molecular complexity index is 916. The average molecular weight is 406 g/mol. The summed E-state index contributed by atoms with van der Waals surface area (Å²) in [5, 5.41) is 0. The number of ether oxygens (including phenoxy) is 2. The highest BCUT2D eigenvalue weighted by Gasteiger charge is 2.25. The Balaban J connectivity index is 1.78. The van der Waals surface area contributed by atoms with Crippen molar-refractivity contribution in [1.82, 2.24) is 9.97 Å². The molecular formula is C23H27N5O2. The van der Waals surface area contributed by atoms with Crippen molar-refractivity contribution in [2.75, 3.05) is 32.2 Å². The number of piperidine rings is 1. The largest absolute Gasteiger partial charge is 0.497 e. The van der Waals surface area contributed by atoms with E-state index in [0.717, 1.165) is 40.4 Å². The third kappa shape index (κ3) is 4.37. The normalized spacial score (nSPS) is 18.9. The van der Waals surface area contributed by atoms with Gasteiger partial charge in [0.1, 0.15) is 11.5 Å². The Morgan fingerprint density at radius 3 is 1.60 bits per heavy atom. The molecule has 2 heterocycles. The number of aromatic nitrogens is 2. The van der Waals surface area contributed by atoms with Gasteiger partial charge < -0.3 is 25.8 Å². The fraction of sp³-hybridized carbons (Fsp3) is 0.304. The van der Waals surface area contributed by atoms with Gasteiger partial charge in [-0.25, -0.2) is 9.97 Å². The highest BCUT2D eigenvalue weighted by atomic mass is 16.5. The molecule has 2 aromatic carbocycles. The molecule has 0 radical (unpaired) electrons. The van der Waals surface area contributed by atoms with Crippen LogP contribution in [0.4, 0.5) is 5.95 Å². The molecule has 1 aliphatic heterocycles. The highest BCUT2D eigenvalue weighted by Crippen LogP contribution is 2.29. The van der Waals surface area contributed by atoms with E-state index in [-0.39, 0.29) is 12.1 Å². The zero-order valence-corrected chi connectivity index (χ0v) is 17.3. The Morgan fingerprint density at radius 1 is 0.767 bits per heavy atom. The number of nitrogens with zero attached hydrogens (tertiary/aromatic N) is 3. The summed E-state index contributed by atoms with van der Waals surface area (Å²) in [7, 11) is 3.31. The predicted molar refractivity (Wildman–Crippen MR) is 119 cm³/mol. The molecule has 4 N–H and O–H groups in total. The van der Waals surface area contributed by atoms with E-state index in [1.54, 1.807) is 14.2 Å². The van der Waals surface area contributed by atoms with Gasteiger partial charge in [0.25, 0.3) is 0 Å². The van der Waals surface area contributed by atoms with Crippen molar-refractivity contribution in [1.29, 1.82) is 0 Å². The molecule has 30 heavy (non-hydrogen) atoms. The maximum atomic E-state index is 6.21. The van der Waals surface area contributed by atoms with Crippen LogP contribution >= 0.6 is 0 Å². The second kappa shape index (κ2) is 8.69. The lowest BCUT2D eigenvalue weighted by Gasteiger charge is -2.34. The van der Waals surface area contributed by atoms with Crippen LogP contribution in [0.2, 0.25) is 0 Å². The predicted octanol–water partition coefficient (Wildman–Crippen LogP) is 2.69. The van der Waals surface area contributed by atoms with Crippen molar-refractivity contribution in [2.45, 2.75) is 18.5 Å². The van der Waals surface area contributed by atoms with E-state index in [9.17, 15) is 0 Å². The van der Waals surface area contributed by atoms with Crippen LogP contribution in [-0.2, 0) is 0 Å². The second-order valence-corrected chi connectivity index (χ2v) is 7.56. The fourth-order valence-corrected chi connectivity index (χ4v) is 3.74. The summed E-state index contributed by atoms with van der Waals surface area (Å²) >= 11 is 0. The van der Waals surface area contributed by atoms with Gasteiger partial charge in [-0.2, -0.15) is 0 Å². The van der Waals surface area contributed by atoms with Crippen molar-refractivity contribution >= 4 is 5.95 Å².